The molecule has 2 unspecified atom stereocenters. The number of hydrogen-bond acceptors (Lipinski definition) is 2. The smallest absolute Gasteiger partial charge is 0.177 e. The van der Waals surface area contributed by atoms with Crippen molar-refractivity contribution in [3.05, 3.63) is 53.6 Å². The fraction of sp³-hybridized carbons (Fsp3) is 0.476. The number of carbonyl (C=O) groups is 1. The quantitative estimate of drug-likeness (QED) is 0.795. The highest BCUT2D eigenvalue weighted by atomic mass is 16.5. The van der Waals surface area contributed by atoms with Crippen molar-refractivity contribution in [2.45, 2.75) is 51.0 Å². The highest BCUT2D eigenvalue weighted by Gasteiger charge is 2.35. The van der Waals surface area contributed by atoms with Gasteiger partial charge in [0.25, 0.3) is 0 Å². The van der Waals surface area contributed by atoms with Crippen LogP contribution in [0, 0.1) is 11.8 Å². The Morgan fingerprint density at radius 3 is 2.74 bits per heavy atom. The number of carbonyl (C=O) groups excluding carboxylic acids is 1. The molecule has 1 aliphatic heterocycles. The second-order valence-corrected chi connectivity index (χ2v) is 7.12. The summed E-state index contributed by atoms with van der Waals surface area (Å²) < 4.78 is 6.08. The number of allylic oxidation sites excluding steroid dienone is 2. The van der Waals surface area contributed by atoms with Crippen LogP contribution >= 0.6 is 0 Å². The molecule has 0 spiro atoms. The van der Waals surface area contributed by atoms with Gasteiger partial charge in [0.1, 0.15) is 11.9 Å². The molecule has 0 radical (unpaired) electrons. The van der Waals surface area contributed by atoms with Crippen LogP contribution in [-0.2, 0) is 6.42 Å². The van der Waals surface area contributed by atoms with Gasteiger partial charge in [0, 0.05) is 0 Å². The first-order chi connectivity index (χ1) is 11.3. The zero-order valence-corrected chi connectivity index (χ0v) is 13.5. The number of Topliss-reactive ketones (excluding diaryl/α,β-unsaturated/α-hetero) is 1. The van der Waals surface area contributed by atoms with E-state index in [-0.39, 0.29) is 17.8 Å². The molecule has 2 aliphatic carbocycles. The average molecular weight is 308 g/mol. The van der Waals surface area contributed by atoms with Crippen LogP contribution in [-0.4, -0.2) is 11.9 Å². The zero-order chi connectivity index (χ0) is 15.6. The lowest BCUT2D eigenvalue weighted by Gasteiger charge is -2.30. The molecule has 0 saturated heterocycles. The Morgan fingerprint density at radius 1 is 1.04 bits per heavy atom. The molecule has 2 atom stereocenters. The van der Waals surface area contributed by atoms with Crippen molar-refractivity contribution >= 4 is 5.78 Å². The molecule has 0 aromatic heterocycles. The Kier molecular flexibility index (Phi) is 4.07. The number of rotatable bonds is 3. The minimum atomic E-state index is -0.152. The Balaban J connectivity index is 1.48. The standard InChI is InChI=1S/C21H24O2/c22-21-17-8-4-5-9-19(17)23-20-14-16(12-13-18(20)21)11-10-15-6-2-1-3-7-15/h4-5,8-9,12-15,17,19H,1-3,6-7,10-11H2. The highest BCUT2D eigenvalue weighted by molar-refractivity contribution is 6.03. The predicted molar refractivity (Wildman–Crippen MR) is 91.9 cm³/mol. The topological polar surface area (TPSA) is 26.3 Å². The molecule has 4 rings (SSSR count). The van der Waals surface area contributed by atoms with E-state index in [0.29, 0.717) is 0 Å². The fourth-order valence-electron chi connectivity index (χ4n) is 4.13. The van der Waals surface area contributed by atoms with Gasteiger partial charge in [-0.1, -0.05) is 56.4 Å². The average Bonchev–Trinajstić information content (AvgIpc) is 2.61. The minimum absolute atomic E-state index is 0.131. The molecule has 1 aromatic carbocycles. The fourth-order valence-corrected chi connectivity index (χ4v) is 4.13. The maximum atomic E-state index is 12.6. The third-order valence-corrected chi connectivity index (χ3v) is 5.53. The molecular weight excluding hydrogens is 284 g/mol. The van der Waals surface area contributed by atoms with Crippen LogP contribution in [0.1, 0.15) is 54.4 Å². The Morgan fingerprint density at radius 2 is 1.87 bits per heavy atom. The summed E-state index contributed by atoms with van der Waals surface area (Å²) >= 11 is 0. The van der Waals surface area contributed by atoms with Crippen molar-refractivity contribution in [3.63, 3.8) is 0 Å². The van der Waals surface area contributed by atoms with Gasteiger partial charge in [0.15, 0.2) is 5.78 Å². The lowest BCUT2D eigenvalue weighted by molar-refractivity contribution is 0.0806. The minimum Gasteiger partial charge on any atom is -0.484 e. The molecule has 23 heavy (non-hydrogen) atoms. The third-order valence-electron chi connectivity index (χ3n) is 5.53. The van der Waals surface area contributed by atoms with Crippen molar-refractivity contribution in [1.82, 2.24) is 0 Å². The summed E-state index contributed by atoms with van der Waals surface area (Å²) in [6.07, 6.45) is 17.1. The number of aryl methyl sites for hydroxylation is 1. The molecule has 0 amide bonds. The lowest BCUT2D eigenvalue weighted by atomic mass is 9.84. The monoisotopic (exact) mass is 308 g/mol. The van der Waals surface area contributed by atoms with Crippen LogP contribution in [0.4, 0.5) is 0 Å². The van der Waals surface area contributed by atoms with Gasteiger partial charge in [-0.2, -0.15) is 0 Å². The van der Waals surface area contributed by atoms with Crippen molar-refractivity contribution < 1.29 is 9.53 Å². The zero-order valence-electron chi connectivity index (χ0n) is 13.5. The first kappa shape index (κ1) is 14.7. The van der Waals surface area contributed by atoms with Crippen LogP contribution in [0.25, 0.3) is 0 Å². The second kappa shape index (κ2) is 6.35. The molecule has 0 bridgehead atoms. The Hall–Kier alpha value is -1.83. The summed E-state index contributed by atoms with van der Waals surface area (Å²) in [5.41, 5.74) is 2.04. The van der Waals surface area contributed by atoms with Crippen LogP contribution in [0.5, 0.6) is 5.75 Å². The number of benzene rings is 1. The number of ketones is 1. The summed E-state index contributed by atoms with van der Waals surface area (Å²) in [5, 5.41) is 0. The number of hydrogen-bond donors (Lipinski definition) is 0. The SMILES string of the molecule is O=C1c2ccc(CCC3CCCCC3)cc2OC2C=CC=CC12. The Labute approximate surface area is 138 Å². The van der Waals surface area contributed by atoms with E-state index < -0.39 is 0 Å². The van der Waals surface area contributed by atoms with Gasteiger partial charge >= 0.3 is 0 Å². The molecule has 1 heterocycles. The van der Waals surface area contributed by atoms with Crippen molar-refractivity contribution in [2.75, 3.05) is 0 Å². The summed E-state index contributed by atoms with van der Waals surface area (Å²) in [4.78, 5) is 12.6. The van der Waals surface area contributed by atoms with E-state index >= 15 is 0 Å². The first-order valence-electron chi connectivity index (χ1n) is 9.00. The van der Waals surface area contributed by atoms with E-state index in [9.17, 15) is 4.79 Å². The summed E-state index contributed by atoms with van der Waals surface area (Å²) in [6, 6.07) is 6.18. The van der Waals surface area contributed by atoms with E-state index in [1.54, 1.807) is 0 Å². The highest BCUT2D eigenvalue weighted by Crippen LogP contribution is 2.35. The largest absolute Gasteiger partial charge is 0.484 e. The summed E-state index contributed by atoms with van der Waals surface area (Å²) in [7, 11) is 0. The third kappa shape index (κ3) is 2.99. The van der Waals surface area contributed by atoms with Crippen LogP contribution in [0.3, 0.4) is 0 Å². The number of fused-ring (bicyclic) bond motifs is 2. The van der Waals surface area contributed by atoms with E-state index in [2.05, 4.69) is 12.1 Å². The first-order valence-corrected chi connectivity index (χ1v) is 9.00. The van der Waals surface area contributed by atoms with Crippen molar-refractivity contribution in [3.8, 4) is 5.75 Å². The maximum Gasteiger partial charge on any atom is 0.177 e. The summed E-state index contributed by atoms with van der Waals surface area (Å²) in [6.45, 7) is 0. The predicted octanol–water partition coefficient (Wildman–Crippen LogP) is 4.89. The summed E-state index contributed by atoms with van der Waals surface area (Å²) in [5.74, 6) is 1.70. The lowest BCUT2D eigenvalue weighted by Crippen LogP contribution is -2.36. The molecule has 1 fully saturated rings. The molecular formula is C21H24O2. The second-order valence-electron chi connectivity index (χ2n) is 7.12. The van der Waals surface area contributed by atoms with Gasteiger partial charge in [-0.3, -0.25) is 4.79 Å². The van der Waals surface area contributed by atoms with Gasteiger partial charge in [0.05, 0.1) is 11.5 Å². The van der Waals surface area contributed by atoms with Crippen molar-refractivity contribution in [1.29, 1.82) is 0 Å². The van der Waals surface area contributed by atoms with Gasteiger partial charge < -0.3 is 4.74 Å². The molecule has 2 nitrogen and oxygen atoms in total. The van der Waals surface area contributed by atoms with Crippen LogP contribution in [0.15, 0.2) is 42.5 Å². The molecule has 120 valence electrons. The van der Waals surface area contributed by atoms with Gasteiger partial charge in [-0.15, -0.1) is 0 Å². The van der Waals surface area contributed by atoms with Crippen molar-refractivity contribution in [2.24, 2.45) is 11.8 Å². The van der Waals surface area contributed by atoms with E-state index in [1.165, 1.54) is 44.1 Å². The van der Waals surface area contributed by atoms with Gasteiger partial charge in [0.2, 0.25) is 0 Å². The van der Waals surface area contributed by atoms with E-state index in [0.717, 1.165) is 23.7 Å². The number of ether oxygens (including phenoxy) is 1. The molecule has 0 N–H and O–H groups in total. The van der Waals surface area contributed by atoms with E-state index in [1.807, 2.05) is 30.4 Å². The molecule has 1 aromatic rings. The van der Waals surface area contributed by atoms with Crippen LogP contribution in [0.2, 0.25) is 0 Å². The Bertz CT molecular complexity index is 650. The molecule has 1 saturated carbocycles. The maximum absolute atomic E-state index is 12.6. The molecule has 2 heteroatoms. The van der Waals surface area contributed by atoms with Gasteiger partial charge in [-0.25, -0.2) is 0 Å². The molecule has 3 aliphatic rings. The van der Waals surface area contributed by atoms with Gasteiger partial charge in [-0.05, 0) is 42.5 Å². The van der Waals surface area contributed by atoms with E-state index in [4.69, 9.17) is 4.74 Å². The van der Waals surface area contributed by atoms with Crippen LogP contribution < -0.4 is 4.74 Å². The normalized spacial score (nSPS) is 26.5.